The van der Waals surface area contributed by atoms with Crippen molar-refractivity contribution in [1.82, 2.24) is 9.55 Å². The molecule has 0 aliphatic carbocycles. The minimum absolute atomic E-state index is 0.269. The van der Waals surface area contributed by atoms with Crippen LogP contribution in [0, 0.1) is 11.3 Å². The number of rotatable bonds is 2. The molecule has 1 aromatic heterocycles. The van der Waals surface area contributed by atoms with Crippen LogP contribution < -0.4 is 0 Å². The van der Waals surface area contributed by atoms with Gasteiger partial charge in [0.15, 0.2) is 0 Å². The van der Waals surface area contributed by atoms with E-state index in [1.165, 1.54) is 0 Å². The molecule has 2 fully saturated rings. The lowest BCUT2D eigenvalue weighted by Crippen LogP contribution is -2.22. The molecule has 102 valence electrons. The van der Waals surface area contributed by atoms with E-state index in [0.29, 0.717) is 23.6 Å². The first kappa shape index (κ1) is 12.2. The number of hydrogen-bond acceptors (Lipinski definition) is 3. The van der Waals surface area contributed by atoms with Gasteiger partial charge in [-0.15, -0.1) is 11.6 Å². The van der Waals surface area contributed by atoms with Crippen LogP contribution in [-0.2, 0) is 10.6 Å². The van der Waals surface area contributed by atoms with E-state index < -0.39 is 0 Å². The Kier molecular flexibility index (Phi) is 2.73. The molecule has 2 bridgehead atoms. The summed E-state index contributed by atoms with van der Waals surface area (Å²) in [4.78, 5) is 4.58. The normalized spacial score (nSPS) is 28.1. The van der Waals surface area contributed by atoms with Gasteiger partial charge in [0.2, 0.25) is 0 Å². The first-order valence-electron chi connectivity index (χ1n) is 6.93. The molecule has 2 saturated heterocycles. The Labute approximate surface area is 121 Å². The first-order chi connectivity index (χ1) is 9.81. The largest absolute Gasteiger partial charge is 0.373 e. The predicted octanol–water partition coefficient (Wildman–Crippen LogP) is 3.14. The van der Waals surface area contributed by atoms with E-state index in [9.17, 15) is 5.26 Å². The second-order valence-electron chi connectivity index (χ2n) is 5.49. The number of benzene rings is 1. The van der Waals surface area contributed by atoms with E-state index >= 15 is 0 Å². The molecule has 3 atom stereocenters. The molecule has 0 saturated carbocycles. The number of aromatic nitrogens is 2. The van der Waals surface area contributed by atoms with E-state index in [0.717, 1.165) is 36.1 Å². The number of ether oxygens (including phenoxy) is 1. The van der Waals surface area contributed by atoms with Gasteiger partial charge in [-0.25, -0.2) is 4.98 Å². The Morgan fingerprint density at radius 3 is 3.00 bits per heavy atom. The fraction of sp³-hybridized carbons (Fsp3) is 0.467. The van der Waals surface area contributed by atoms with Crippen molar-refractivity contribution in [3.63, 3.8) is 0 Å². The van der Waals surface area contributed by atoms with E-state index in [2.05, 4.69) is 15.6 Å². The maximum Gasteiger partial charge on any atom is 0.125 e. The maximum atomic E-state index is 9.22. The Hall–Kier alpha value is -1.57. The summed E-state index contributed by atoms with van der Waals surface area (Å²) < 4.78 is 8.16. The minimum Gasteiger partial charge on any atom is -0.373 e. The molecule has 1 aromatic carbocycles. The van der Waals surface area contributed by atoms with Crippen LogP contribution in [0.25, 0.3) is 11.0 Å². The highest BCUT2D eigenvalue weighted by Crippen LogP contribution is 2.43. The smallest absolute Gasteiger partial charge is 0.125 e. The second-order valence-corrected chi connectivity index (χ2v) is 5.76. The quantitative estimate of drug-likeness (QED) is 0.797. The van der Waals surface area contributed by atoms with Gasteiger partial charge >= 0.3 is 0 Å². The highest BCUT2D eigenvalue weighted by atomic mass is 35.5. The fourth-order valence-electron chi connectivity index (χ4n) is 3.60. The van der Waals surface area contributed by atoms with Crippen LogP contribution in [-0.4, -0.2) is 21.8 Å². The average Bonchev–Trinajstić information content (AvgIpc) is 3.18. The van der Waals surface area contributed by atoms with Gasteiger partial charge in [-0.3, -0.25) is 0 Å². The molecular weight excluding hydrogens is 274 g/mol. The number of nitriles is 1. The fourth-order valence-corrected chi connectivity index (χ4v) is 3.79. The number of fused-ring (bicyclic) bond motifs is 3. The molecular formula is C15H14ClN3O. The van der Waals surface area contributed by atoms with Crippen molar-refractivity contribution in [2.24, 2.45) is 0 Å². The third kappa shape index (κ3) is 1.60. The molecule has 5 heteroatoms. The molecule has 4 nitrogen and oxygen atoms in total. The Bertz CT molecular complexity index is 718. The molecule has 0 amide bonds. The van der Waals surface area contributed by atoms with Gasteiger partial charge in [-0.1, -0.05) is 6.07 Å². The number of halogens is 1. The third-order valence-corrected chi connectivity index (χ3v) is 4.68. The van der Waals surface area contributed by atoms with E-state index in [1.807, 2.05) is 12.1 Å². The molecule has 2 aromatic rings. The van der Waals surface area contributed by atoms with Gasteiger partial charge in [0.05, 0.1) is 35.2 Å². The van der Waals surface area contributed by atoms with Crippen LogP contribution in [0.1, 0.15) is 36.7 Å². The van der Waals surface area contributed by atoms with E-state index in [-0.39, 0.29) is 6.10 Å². The highest BCUT2D eigenvalue weighted by Gasteiger charge is 2.42. The van der Waals surface area contributed by atoms with Crippen molar-refractivity contribution in [2.45, 2.75) is 43.4 Å². The van der Waals surface area contributed by atoms with Gasteiger partial charge in [0.1, 0.15) is 17.4 Å². The molecule has 0 spiro atoms. The standard InChI is InChI=1S/C15H14ClN3O/c16-7-14-18-15-9(8-17)2-1-3-11(15)19(14)12-6-10-4-5-13(12)20-10/h1-3,10,12-13H,4-7H2. The lowest BCUT2D eigenvalue weighted by molar-refractivity contribution is 0.0940. The number of hydrogen-bond donors (Lipinski definition) is 0. The SMILES string of the molecule is N#Cc1cccc2c1nc(CCl)n2C1CC2CCC1O2. The molecule has 2 aliphatic heterocycles. The number of alkyl halides is 1. The van der Waals surface area contributed by atoms with Crippen molar-refractivity contribution in [1.29, 1.82) is 5.26 Å². The summed E-state index contributed by atoms with van der Waals surface area (Å²) in [7, 11) is 0. The molecule has 3 heterocycles. The van der Waals surface area contributed by atoms with Crippen molar-refractivity contribution in [2.75, 3.05) is 0 Å². The number of nitrogens with zero attached hydrogens (tertiary/aromatic N) is 3. The van der Waals surface area contributed by atoms with Crippen LogP contribution in [0.5, 0.6) is 0 Å². The Balaban J connectivity index is 1.92. The summed E-state index contributed by atoms with van der Waals surface area (Å²) in [5.41, 5.74) is 2.37. The lowest BCUT2D eigenvalue weighted by atomic mass is 9.95. The summed E-state index contributed by atoms with van der Waals surface area (Å²) >= 11 is 6.07. The number of imidazole rings is 1. The molecule has 2 aliphatic rings. The summed E-state index contributed by atoms with van der Waals surface area (Å²) in [5.74, 6) is 1.19. The highest BCUT2D eigenvalue weighted by molar-refractivity contribution is 6.16. The maximum absolute atomic E-state index is 9.22. The predicted molar refractivity (Wildman–Crippen MR) is 75.6 cm³/mol. The zero-order valence-electron chi connectivity index (χ0n) is 10.9. The van der Waals surface area contributed by atoms with Crippen molar-refractivity contribution in [3.8, 4) is 6.07 Å². The topological polar surface area (TPSA) is 50.8 Å². The zero-order valence-corrected chi connectivity index (χ0v) is 11.7. The van der Waals surface area contributed by atoms with E-state index in [1.54, 1.807) is 6.07 Å². The molecule has 20 heavy (non-hydrogen) atoms. The molecule has 4 rings (SSSR count). The lowest BCUT2D eigenvalue weighted by Gasteiger charge is -2.22. The van der Waals surface area contributed by atoms with Crippen molar-refractivity contribution in [3.05, 3.63) is 29.6 Å². The molecule has 0 N–H and O–H groups in total. The van der Waals surface area contributed by atoms with Crippen LogP contribution >= 0.6 is 11.6 Å². The summed E-state index contributed by atoms with van der Waals surface area (Å²) in [5, 5.41) is 9.22. The zero-order chi connectivity index (χ0) is 13.7. The van der Waals surface area contributed by atoms with Gasteiger partial charge in [-0.05, 0) is 31.4 Å². The molecule has 3 unspecified atom stereocenters. The van der Waals surface area contributed by atoms with Crippen LogP contribution in [0.2, 0.25) is 0 Å². The van der Waals surface area contributed by atoms with Crippen molar-refractivity contribution >= 4 is 22.6 Å². The third-order valence-electron chi connectivity index (χ3n) is 4.44. The molecule has 0 radical (unpaired) electrons. The summed E-state index contributed by atoms with van der Waals surface area (Å²) in [6.07, 6.45) is 3.94. The van der Waals surface area contributed by atoms with Gasteiger partial charge in [-0.2, -0.15) is 5.26 Å². The van der Waals surface area contributed by atoms with Crippen LogP contribution in [0.3, 0.4) is 0 Å². The monoisotopic (exact) mass is 287 g/mol. The summed E-state index contributed by atoms with van der Waals surface area (Å²) in [6, 6.07) is 8.24. The van der Waals surface area contributed by atoms with Gasteiger partial charge < -0.3 is 9.30 Å². The van der Waals surface area contributed by atoms with E-state index in [4.69, 9.17) is 16.3 Å². The average molecular weight is 288 g/mol. The first-order valence-corrected chi connectivity index (χ1v) is 7.46. The Morgan fingerprint density at radius 1 is 1.45 bits per heavy atom. The second kappa shape index (κ2) is 4.47. The van der Waals surface area contributed by atoms with Gasteiger partial charge in [0, 0.05) is 0 Å². The summed E-state index contributed by atoms with van der Waals surface area (Å²) in [6.45, 7) is 0. The Morgan fingerprint density at radius 2 is 2.35 bits per heavy atom. The van der Waals surface area contributed by atoms with Crippen LogP contribution in [0.15, 0.2) is 18.2 Å². The minimum atomic E-state index is 0.269. The van der Waals surface area contributed by atoms with Crippen molar-refractivity contribution < 1.29 is 4.74 Å². The number of para-hydroxylation sites is 1. The van der Waals surface area contributed by atoms with Gasteiger partial charge in [0.25, 0.3) is 0 Å². The van der Waals surface area contributed by atoms with Crippen LogP contribution in [0.4, 0.5) is 0 Å².